The Labute approximate surface area is 120 Å². The lowest BCUT2D eigenvalue weighted by atomic mass is 10.1. The van der Waals surface area contributed by atoms with E-state index in [9.17, 15) is 4.39 Å². The predicted molar refractivity (Wildman–Crippen MR) is 75.6 cm³/mol. The van der Waals surface area contributed by atoms with Gasteiger partial charge >= 0.3 is 0 Å². The number of hydrogen-bond donors (Lipinski definition) is 1. The molecule has 0 aliphatic carbocycles. The summed E-state index contributed by atoms with van der Waals surface area (Å²) in [5, 5.41) is 11.4. The zero-order valence-corrected chi connectivity index (χ0v) is 12.7. The second kappa shape index (κ2) is 5.38. The number of aromatic nitrogens is 3. The average Bonchev–Trinajstić information content (AvgIpc) is 2.78. The van der Waals surface area contributed by atoms with Gasteiger partial charge in [0.25, 0.3) is 0 Å². The molecule has 0 radical (unpaired) electrons. The summed E-state index contributed by atoms with van der Waals surface area (Å²) in [6.07, 6.45) is 1.79. The fourth-order valence-corrected chi connectivity index (χ4v) is 1.74. The van der Waals surface area contributed by atoms with Crippen LogP contribution in [0, 0.1) is 5.82 Å². The molecule has 0 bridgehead atoms. The van der Waals surface area contributed by atoms with Gasteiger partial charge in [0.2, 0.25) is 0 Å². The smallest absolute Gasteiger partial charge is 0.139 e. The number of nitrogens with zero attached hydrogens (tertiary/aromatic N) is 3. The maximum atomic E-state index is 13.5. The van der Waals surface area contributed by atoms with Gasteiger partial charge in [0, 0.05) is 18.2 Å². The van der Waals surface area contributed by atoms with Crippen molar-refractivity contribution in [3.05, 3.63) is 40.4 Å². The molecule has 0 aliphatic rings. The van der Waals surface area contributed by atoms with E-state index < -0.39 is 0 Å². The van der Waals surface area contributed by atoms with E-state index in [0.717, 1.165) is 5.69 Å². The van der Waals surface area contributed by atoms with Crippen LogP contribution in [0.3, 0.4) is 0 Å². The van der Waals surface area contributed by atoms with Crippen LogP contribution in [0.1, 0.15) is 26.5 Å². The third kappa shape index (κ3) is 3.84. The van der Waals surface area contributed by atoms with Crippen molar-refractivity contribution in [2.75, 3.05) is 0 Å². The van der Waals surface area contributed by atoms with Gasteiger partial charge in [-0.1, -0.05) is 5.21 Å². The van der Waals surface area contributed by atoms with Crippen molar-refractivity contribution in [2.45, 2.75) is 32.9 Å². The first-order chi connectivity index (χ1) is 8.85. The lowest BCUT2D eigenvalue weighted by Crippen LogP contribution is -2.35. The van der Waals surface area contributed by atoms with Crippen molar-refractivity contribution in [3.8, 4) is 5.69 Å². The molecule has 0 saturated heterocycles. The van der Waals surface area contributed by atoms with Crippen LogP contribution in [0.2, 0.25) is 0 Å². The Morgan fingerprint density at radius 1 is 1.37 bits per heavy atom. The number of hydrogen-bond acceptors (Lipinski definition) is 3. The van der Waals surface area contributed by atoms with Crippen LogP contribution in [0.15, 0.2) is 28.9 Å². The molecule has 0 atom stereocenters. The highest BCUT2D eigenvalue weighted by atomic mass is 79.9. The van der Waals surface area contributed by atoms with Crippen LogP contribution in [0.25, 0.3) is 5.69 Å². The fourth-order valence-electron chi connectivity index (χ4n) is 1.49. The highest BCUT2D eigenvalue weighted by molar-refractivity contribution is 9.10. The topological polar surface area (TPSA) is 42.7 Å². The molecular weight excluding hydrogens is 311 g/mol. The van der Waals surface area contributed by atoms with Gasteiger partial charge < -0.3 is 5.32 Å². The first-order valence-electron chi connectivity index (χ1n) is 5.97. The summed E-state index contributed by atoms with van der Waals surface area (Å²) in [6, 6.07) is 4.85. The van der Waals surface area contributed by atoms with Crippen LogP contribution >= 0.6 is 15.9 Å². The molecule has 0 unspecified atom stereocenters. The second-order valence-corrected chi connectivity index (χ2v) is 6.21. The predicted octanol–water partition coefficient (Wildman–Crippen LogP) is 3.06. The Bertz CT molecular complexity index is 574. The summed E-state index contributed by atoms with van der Waals surface area (Å²) in [4.78, 5) is 0. The third-order valence-electron chi connectivity index (χ3n) is 2.51. The quantitative estimate of drug-likeness (QED) is 0.942. The molecule has 4 nitrogen and oxygen atoms in total. The van der Waals surface area contributed by atoms with Gasteiger partial charge in [-0.15, -0.1) is 5.10 Å². The van der Waals surface area contributed by atoms with Crippen molar-refractivity contribution >= 4 is 15.9 Å². The summed E-state index contributed by atoms with van der Waals surface area (Å²) in [5.41, 5.74) is 1.49. The zero-order chi connectivity index (χ0) is 14.0. The Kier molecular flexibility index (Phi) is 4.01. The van der Waals surface area contributed by atoms with E-state index in [1.54, 1.807) is 23.0 Å². The number of rotatable bonds is 3. The molecule has 102 valence electrons. The summed E-state index contributed by atoms with van der Waals surface area (Å²) in [5.74, 6) is -0.317. The van der Waals surface area contributed by atoms with Gasteiger partial charge in [0.05, 0.1) is 22.1 Å². The molecule has 19 heavy (non-hydrogen) atoms. The van der Waals surface area contributed by atoms with Crippen molar-refractivity contribution in [3.63, 3.8) is 0 Å². The van der Waals surface area contributed by atoms with Crippen LogP contribution in [0.5, 0.6) is 0 Å². The Hall–Kier alpha value is -1.27. The minimum atomic E-state index is -0.317. The monoisotopic (exact) mass is 326 g/mol. The minimum Gasteiger partial charge on any atom is -0.306 e. The van der Waals surface area contributed by atoms with Crippen LogP contribution in [-0.4, -0.2) is 20.5 Å². The first-order valence-corrected chi connectivity index (χ1v) is 6.76. The zero-order valence-electron chi connectivity index (χ0n) is 11.1. The molecule has 0 fully saturated rings. The van der Waals surface area contributed by atoms with Gasteiger partial charge in [0.15, 0.2) is 0 Å². The summed E-state index contributed by atoms with van der Waals surface area (Å²) >= 11 is 3.12. The van der Waals surface area contributed by atoms with Crippen molar-refractivity contribution < 1.29 is 4.39 Å². The first kappa shape index (κ1) is 14.1. The molecule has 0 spiro atoms. The molecule has 2 aromatic rings. The summed E-state index contributed by atoms with van der Waals surface area (Å²) in [7, 11) is 0. The molecule has 0 aliphatic heterocycles. The van der Waals surface area contributed by atoms with Gasteiger partial charge in [-0.2, -0.15) is 0 Å². The molecular formula is C13H16BrFN4. The minimum absolute atomic E-state index is 0.0213. The average molecular weight is 327 g/mol. The van der Waals surface area contributed by atoms with Crippen LogP contribution in [0.4, 0.5) is 4.39 Å². The highest BCUT2D eigenvalue weighted by Gasteiger charge is 2.11. The summed E-state index contributed by atoms with van der Waals surface area (Å²) in [6.45, 7) is 6.88. The van der Waals surface area contributed by atoms with Crippen LogP contribution < -0.4 is 5.32 Å². The number of halogens is 2. The van der Waals surface area contributed by atoms with Gasteiger partial charge in [-0.25, -0.2) is 9.07 Å². The van der Waals surface area contributed by atoms with E-state index in [1.165, 1.54) is 6.07 Å². The van der Waals surface area contributed by atoms with Crippen molar-refractivity contribution in [1.29, 1.82) is 0 Å². The standard InChI is InChI=1S/C13H16BrFN4/c1-13(2,3)16-7-9-8-19(18-17-9)10-4-5-11(14)12(15)6-10/h4-6,8,16H,7H2,1-3H3. The van der Waals surface area contributed by atoms with Crippen LogP contribution in [-0.2, 0) is 6.54 Å². The molecule has 6 heteroatoms. The normalized spacial score (nSPS) is 11.8. The van der Waals surface area contributed by atoms with Crippen molar-refractivity contribution in [1.82, 2.24) is 20.3 Å². The second-order valence-electron chi connectivity index (χ2n) is 5.36. The van der Waals surface area contributed by atoms with E-state index in [-0.39, 0.29) is 11.4 Å². The Morgan fingerprint density at radius 3 is 2.74 bits per heavy atom. The molecule has 1 aromatic heterocycles. The highest BCUT2D eigenvalue weighted by Crippen LogP contribution is 2.18. The molecule has 1 aromatic carbocycles. The summed E-state index contributed by atoms with van der Waals surface area (Å²) < 4.78 is 15.5. The maximum absolute atomic E-state index is 13.5. The van der Waals surface area contributed by atoms with E-state index in [4.69, 9.17) is 0 Å². The molecule has 1 N–H and O–H groups in total. The van der Waals surface area contributed by atoms with Gasteiger partial charge in [-0.05, 0) is 48.8 Å². The van der Waals surface area contributed by atoms with E-state index in [0.29, 0.717) is 16.7 Å². The SMILES string of the molecule is CC(C)(C)NCc1cn(-c2ccc(Br)c(F)c2)nn1. The maximum Gasteiger partial charge on any atom is 0.139 e. The number of benzene rings is 1. The van der Waals surface area contributed by atoms with Gasteiger partial charge in [-0.3, -0.25) is 0 Å². The van der Waals surface area contributed by atoms with E-state index >= 15 is 0 Å². The molecule has 0 saturated carbocycles. The Morgan fingerprint density at radius 2 is 2.11 bits per heavy atom. The molecule has 1 heterocycles. The number of nitrogens with one attached hydrogen (secondary N) is 1. The lowest BCUT2D eigenvalue weighted by Gasteiger charge is -2.19. The van der Waals surface area contributed by atoms with E-state index in [2.05, 4.69) is 52.3 Å². The third-order valence-corrected chi connectivity index (χ3v) is 3.15. The fraction of sp³-hybridized carbons (Fsp3) is 0.385. The largest absolute Gasteiger partial charge is 0.306 e. The van der Waals surface area contributed by atoms with E-state index in [1.807, 2.05) is 0 Å². The van der Waals surface area contributed by atoms with Crippen molar-refractivity contribution in [2.24, 2.45) is 0 Å². The molecule has 2 rings (SSSR count). The molecule has 0 amide bonds. The lowest BCUT2D eigenvalue weighted by molar-refractivity contribution is 0.421. The Balaban J connectivity index is 2.14. The van der Waals surface area contributed by atoms with Gasteiger partial charge in [0.1, 0.15) is 5.82 Å².